The summed E-state index contributed by atoms with van der Waals surface area (Å²) >= 11 is 0. The highest BCUT2D eigenvalue weighted by molar-refractivity contribution is 4.93. The molecule has 5 nitrogen and oxygen atoms in total. The van der Waals surface area contributed by atoms with Crippen LogP contribution in [-0.4, -0.2) is 73.9 Å². The van der Waals surface area contributed by atoms with Gasteiger partial charge in [0.05, 0.1) is 24.4 Å². The van der Waals surface area contributed by atoms with Crippen molar-refractivity contribution >= 4 is 0 Å². The lowest BCUT2D eigenvalue weighted by Crippen LogP contribution is -2.53. The summed E-state index contributed by atoms with van der Waals surface area (Å²) in [5, 5.41) is 10.8. The normalized spacial score (nSPS) is 35.7. The summed E-state index contributed by atoms with van der Waals surface area (Å²) in [7, 11) is 0. The van der Waals surface area contributed by atoms with Gasteiger partial charge in [-0.05, 0) is 38.1 Å². The van der Waals surface area contributed by atoms with E-state index in [0.717, 1.165) is 71.7 Å². The molecule has 0 saturated carbocycles. The van der Waals surface area contributed by atoms with Gasteiger partial charge in [0.15, 0.2) is 0 Å². The molecular formula is C16H29NO4. The smallest absolute Gasteiger partial charge is 0.0963 e. The molecule has 0 aromatic carbocycles. The number of aliphatic hydroxyl groups is 1. The fourth-order valence-corrected chi connectivity index (χ4v) is 3.98. The Balaban J connectivity index is 1.59. The van der Waals surface area contributed by atoms with Crippen LogP contribution in [0.15, 0.2) is 0 Å². The highest BCUT2D eigenvalue weighted by Gasteiger charge is 2.43. The summed E-state index contributed by atoms with van der Waals surface area (Å²) in [6, 6.07) is 0. The Morgan fingerprint density at radius 3 is 2.81 bits per heavy atom. The SMILES string of the molecule is CCN1CCOC(C(O)C2CCOC3(CCOCC3)C2)C1. The van der Waals surface area contributed by atoms with E-state index in [9.17, 15) is 5.11 Å². The Morgan fingerprint density at radius 1 is 1.24 bits per heavy atom. The van der Waals surface area contributed by atoms with E-state index in [0.29, 0.717) is 5.92 Å². The minimum absolute atomic E-state index is 0.0429. The second kappa shape index (κ2) is 6.92. The van der Waals surface area contributed by atoms with Crippen LogP contribution in [0.3, 0.4) is 0 Å². The Bertz CT molecular complexity index is 327. The van der Waals surface area contributed by atoms with Gasteiger partial charge < -0.3 is 19.3 Å². The molecule has 122 valence electrons. The molecule has 0 aromatic heterocycles. The third-order valence-corrected chi connectivity index (χ3v) is 5.42. The predicted molar refractivity (Wildman–Crippen MR) is 79.3 cm³/mol. The number of hydrogen-bond donors (Lipinski definition) is 1. The van der Waals surface area contributed by atoms with Crippen molar-refractivity contribution in [3.63, 3.8) is 0 Å². The van der Waals surface area contributed by atoms with Crippen molar-refractivity contribution < 1.29 is 19.3 Å². The van der Waals surface area contributed by atoms with Gasteiger partial charge in [0.25, 0.3) is 0 Å². The summed E-state index contributed by atoms with van der Waals surface area (Å²) in [6.07, 6.45) is 3.40. The molecule has 0 amide bonds. The molecule has 3 saturated heterocycles. The zero-order valence-corrected chi connectivity index (χ0v) is 13.1. The van der Waals surface area contributed by atoms with E-state index in [1.165, 1.54) is 0 Å². The lowest BCUT2D eigenvalue weighted by molar-refractivity contribution is -0.176. The van der Waals surface area contributed by atoms with Gasteiger partial charge in [-0.15, -0.1) is 0 Å². The molecule has 5 heteroatoms. The van der Waals surface area contributed by atoms with Crippen molar-refractivity contribution in [1.82, 2.24) is 4.90 Å². The second-order valence-electron chi connectivity index (χ2n) is 6.69. The number of morpholine rings is 1. The highest BCUT2D eigenvalue weighted by Crippen LogP contribution is 2.39. The maximum Gasteiger partial charge on any atom is 0.0963 e. The van der Waals surface area contributed by atoms with Crippen molar-refractivity contribution in [3.8, 4) is 0 Å². The fraction of sp³-hybridized carbons (Fsp3) is 1.00. The lowest BCUT2D eigenvalue weighted by Gasteiger charge is -2.46. The summed E-state index contributed by atoms with van der Waals surface area (Å²) in [5.74, 6) is 0.290. The molecular weight excluding hydrogens is 270 g/mol. The van der Waals surface area contributed by atoms with E-state index in [1.807, 2.05) is 0 Å². The number of hydrogen-bond acceptors (Lipinski definition) is 5. The van der Waals surface area contributed by atoms with Gasteiger partial charge in [0.1, 0.15) is 0 Å². The van der Waals surface area contributed by atoms with Gasteiger partial charge in [0.2, 0.25) is 0 Å². The molecule has 1 N–H and O–H groups in total. The average Bonchev–Trinajstić information content (AvgIpc) is 2.55. The second-order valence-corrected chi connectivity index (χ2v) is 6.69. The quantitative estimate of drug-likeness (QED) is 0.844. The van der Waals surface area contributed by atoms with Crippen molar-refractivity contribution in [2.45, 2.75) is 50.4 Å². The minimum Gasteiger partial charge on any atom is -0.390 e. The first kappa shape index (κ1) is 15.7. The van der Waals surface area contributed by atoms with E-state index in [2.05, 4.69) is 11.8 Å². The maximum absolute atomic E-state index is 10.8. The van der Waals surface area contributed by atoms with Crippen molar-refractivity contribution in [3.05, 3.63) is 0 Å². The van der Waals surface area contributed by atoms with Crippen LogP contribution in [-0.2, 0) is 14.2 Å². The van der Waals surface area contributed by atoms with Gasteiger partial charge in [-0.3, -0.25) is 4.90 Å². The zero-order chi connectivity index (χ0) is 14.7. The highest BCUT2D eigenvalue weighted by atomic mass is 16.5. The van der Waals surface area contributed by atoms with E-state index < -0.39 is 0 Å². The number of likely N-dealkylation sites (N-methyl/N-ethyl adjacent to an activating group) is 1. The number of ether oxygens (including phenoxy) is 3. The third kappa shape index (κ3) is 3.59. The first-order valence-corrected chi connectivity index (χ1v) is 8.46. The molecule has 3 rings (SSSR count). The summed E-state index contributed by atoms with van der Waals surface area (Å²) < 4.78 is 17.4. The molecule has 3 atom stereocenters. The van der Waals surface area contributed by atoms with E-state index >= 15 is 0 Å². The zero-order valence-electron chi connectivity index (χ0n) is 13.1. The molecule has 0 aliphatic carbocycles. The first-order chi connectivity index (χ1) is 10.2. The van der Waals surface area contributed by atoms with Crippen LogP contribution in [0.5, 0.6) is 0 Å². The van der Waals surface area contributed by atoms with E-state index in [-0.39, 0.29) is 17.8 Å². The lowest BCUT2D eigenvalue weighted by atomic mass is 9.77. The summed E-state index contributed by atoms with van der Waals surface area (Å²) in [4.78, 5) is 2.36. The monoisotopic (exact) mass is 299 g/mol. The number of rotatable bonds is 3. The molecule has 3 unspecified atom stereocenters. The average molecular weight is 299 g/mol. The molecule has 3 fully saturated rings. The van der Waals surface area contributed by atoms with Gasteiger partial charge in [-0.25, -0.2) is 0 Å². The Morgan fingerprint density at radius 2 is 2.05 bits per heavy atom. The maximum atomic E-state index is 10.8. The molecule has 3 aliphatic heterocycles. The van der Waals surface area contributed by atoms with Gasteiger partial charge in [-0.2, -0.15) is 0 Å². The molecule has 21 heavy (non-hydrogen) atoms. The van der Waals surface area contributed by atoms with Crippen LogP contribution in [0.2, 0.25) is 0 Å². The van der Waals surface area contributed by atoms with Gasteiger partial charge in [-0.1, -0.05) is 6.92 Å². The summed E-state index contributed by atoms with van der Waals surface area (Å²) in [6.45, 7) is 8.09. The van der Waals surface area contributed by atoms with Crippen LogP contribution in [0.25, 0.3) is 0 Å². The molecule has 0 bridgehead atoms. The molecule has 3 heterocycles. The number of aliphatic hydroxyl groups excluding tert-OH is 1. The topological polar surface area (TPSA) is 51.2 Å². The number of nitrogens with zero attached hydrogens (tertiary/aromatic N) is 1. The van der Waals surface area contributed by atoms with Crippen molar-refractivity contribution in [2.24, 2.45) is 5.92 Å². The summed E-state index contributed by atoms with van der Waals surface area (Å²) in [5.41, 5.74) is -0.0543. The van der Waals surface area contributed by atoms with Crippen LogP contribution in [0, 0.1) is 5.92 Å². The molecule has 3 aliphatic rings. The van der Waals surface area contributed by atoms with E-state index in [1.54, 1.807) is 0 Å². The van der Waals surface area contributed by atoms with Crippen LogP contribution < -0.4 is 0 Å². The Labute approximate surface area is 127 Å². The standard InChI is InChI=1S/C16H29NO4/c1-2-17-6-10-20-14(12-17)15(18)13-3-7-21-16(11-13)4-8-19-9-5-16/h13-15,18H,2-12H2,1H3. The van der Waals surface area contributed by atoms with Crippen LogP contribution in [0.4, 0.5) is 0 Å². The Kier molecular flexibility index (Phi) is 5.17. The Hall–Kier alpha value is -0.200. The van der Waals surface area contributed by atoms with Gasteiger partial charge in [0, 0.05) is 32.9 Å². The van der Waals surface area contributed by atoms with Crippen molar-refractivity contribution in [2.75, 3.05) is 46.1 Å². The van der Waals surface area contributed by atoms with Crippen LogP contribution >= 0.6 is 0 Å². The predicted octanol–water partition coefficient (Wildman–Crippen LogP) is 1.04. The molecule has 1 spiro atoms. The van der Waals surface area contributed by atoms with Crippen LogP contribution in [0.1, 0.15) is 32.6 Å². The largest absolute Gasteiger partial charge is 0.390 e. The molecule has 0 aromatic rings. The minimum atomic E-state index is -0.372. The van der Waals surface area contributed by atoms with Crippen molar-refractivity contribution in [1.29, 1.82) is 0 Å². The molecule has 0 radical (unpaired) electrons. The fourth-order valence-electron chi connectivity index (χ4n) is 3.98. The third-order valence-electron chi connectivity index (χ3n) is 5.42. The van der Waals surface area contributed by atoms with E-state index in [4.69, 9.17) is 14.2 Å². The van der Waals surface area contributed by atoms with Gasteiger partial charge >= 0.3 is 0 Å². The first-order valence-electron chi connectivity index (χ1n) is 8.46.